The minimum absolute atomic E-state index is 0.427. The van der Waals surface area contributed by atoms with Crippen LogP contribution in [0, 0.1) is 11.8 Å². The van der Waals surface area contributed by atoms with Crippen LogP contribution in [0.15, 0.2) is 12.3 Å². The molecule has 3 fully saturated rings. The standard InChI is InChI=1S/C15H22N2O/c18-14-7-1-6-13-12-5-3-9-16-8-2-4-11(15(12)16)10-17(13)14/h3,9,11-13,15H,1-2,4-8,10H2/t11-,12+,13+,15-/m0/s1. The molecule has 98 valence electrons. The van der Waals surface area contributed by atoms with E-state index in [0.29, 0.717) is 17.9 Å². The Balaban J connectivity index is 1.69. The van der Waals surface area contributed by atoms with Crippen LogP contribution in [-0.4, -0.2) is 40.9 Å². The molecule has 0 spiro atoms. The maximum Gasteiger partial charge on any atom is 0.222 e. The number of carbonyl (C=O) groups excluding carboxylic acids is 1. The zero-order chi connectivity index (χ0) is 12.1. The lowest BCUT2D eigenvalue weighted by Gasteiger charge is -2.57. The highest BCUT2D eigenvalue weighted by molar-refractivity contribution is 5.77. The van der Waals surface area contributed by atoms with Gasteiger partial charge in [-0.2, -0.15) is 0 Å². The predicted octanol–water partition coefficient (Wildman–Crippen LogP) is 2.00. The first-order valence-electron chi connectivity index (χ1n) is 7.56. The molecule has 4 aliphatic heterocycles. The molecule has 4 heterocycles. The fourth-order valence-electron chi connectivity index (χ4n) is 4.85. The monoisotopic (exact) mass is 246 g/mol. The molecule has 0 N–H and O–H groups in total. The summed E-state index contributed by atoms with van der Waals surface area (Å²) in [6, 6.07) is 1.27. The summed E-state index contributed by atoms with van der Waals surface area (Å²) >= 11 is 0. The van der Waals surface area contributed by atoms with Crippen LogP contribution in [0.4, 0.5) is 0 Å². The number of fused-ring (bicyclic) bond motifs is 2. The summed E-state index contributed by atoms with van der Waals surface area (Å²) in [7, 11) is 0. The Labute approximate surface area is 109 Å². The summed E-state index contributed by atoms with van der Waals surface area (Å²) < 4.78 is 0. The quantitative estimate of drug-likeness (QED) is 0.652. The summed E-state index contributed by atoms with van der Waals surface area (Å²) in [5.74, 6) is 1.86. The fourth-order valence-corrected chi connectivity index (χ4v) is 4.85. The lowest BCUT2D eigenvalue weighted by atomic mass is 9.69. The van der Waals surface area contributed by atoms with Gasteiger partial charge in [-0.25, -0.2) is 0 Å². The summed E-state index contributed by atoms with van der Waals surface area (Å²) in [6.07, 6.45) is 11.6. The Bertz CT molecular complexity index is 392. The molecule has 0 aromatic carbocycles. The highest BCUT2D eigenvalue weighted by Crippen LogP contribution is 2.43. The number of nitrogens with zero attached hydrogens (tertiary/aromatic N) is 2. The number of piperidine rings is 3. The molecule has 4 atom stereocenters. The molecule has 0 radical (unpaired) electrons. The molecule has 0 aromatic rings. The topological polar surface area (TPSA) is 23.6 Å². The van der Waals surface area contributed by atoms with Crippen molar-refractivity contribution in [1.82, 2.24) is 9.80 Å². The number of hydrogen-bond donors (Lipinski definition) is 0. The average molecular weight is 246 g/mol. The van der Waals surface area contributed by atoms with E-state index in [1.165, 1.54) is 32.2 Å². The Kier molecular flexibility index (Phi) is 2.42. The van der Waals surface area contributed by atoms with E-state index in [1.807, 2.05) is 0 Å². The smallest absolute Gasteiger partial charge is 0.222 e. The van der Waals surface area contributed by atoms with Crippen LogP contribution >= 0.6 is 0 Å². The maximum absolute atomic E-state index is 12.2. The lowest BCUT2D eigenvalue weighted by molar-refractivity contribution is -0.147. The van der Waals surface area contributed by atoms with E-state index in [2.05, 4.69) is 22.1 Å². The molecule has 0 bridgehead atoms. The number of carbonyl (C=O) groups is 1. The van der Waals surface area contributed by atoms with Crippen molar-refractivity contribution in [1.29, 1.82) is 0 Å². The number of amides is 1. The molecular formula is C15H22N2O. The normalized spacial score (nSPS) is 42.6. The molecule has 1 amide bonds. The first kappa shape index (κ1) is 10.9. The fraction of sp³-hybridized carbons (Fsp3) is 0.800. The third-order valence-electron chi connectivity index (χ3n) is 5.54. The summed E-state index contributed by atoms with van der Waals surface area (Å²) in [6.45, 7) is 2.27. The molecule has 0 saturated carbocycles. The second kappa shape index (κ2) is 4.01. The van der Waals surface area contributed by atoms with Gasteiger partial charge < -0.3 is 9.80 Å². The van der Waals surface area contributed by atoms with Gasteiger partial charge in [0.15, 0.2) is 0 Å². The van der Waals surface area contributed by atoms with Gasteiger partial charge in [0.05, 0.1) is 0 Å². The second-order valence-corrected chi connectivity index (χ2v) is 6.42. The van der Waals surface area contributed by atoms with E-state index in [4.69, 9.17) is 0 Å². The number of hydrogen-bond acceptors (Lipinski definition) is 2. The van der Waals surface area contributed by atoms with Crippen molar-refractivity contribution in [3.63, 3.8) is 0 Å². The second-order valence-electron chi connectivity index (χ2n) is 6.42. The molecule has 18 heavy (non-hydrogen) atoms. The van der Waals surface area contributed by atoms with Crippen molar-refractivity contribution >= 4 is 5.91 Å². The van der Waals surface area contributed by atoms with E-state index in [9.17, 15) is 4.79 Å². The third-order valence-corrected chi connectivity index (χ3v) is 5.54. The average Bonchev–Trinajstić information content (AvgIpc) is 2.41. The molecule has 3 nitrogen and oxygen atoms in total. The lowest BCUT2D eigenvalue weighted by Crippen LogP contribution is -2.64. The first-order valence-corrected chi connectivity index (χ1v) is 7.56. The van der Waals surface area contributed by atoms with Gasteiger partial charge in [-0.3, -0.25) is 4.79 Å². The van der Waals surface area contributed by atoms with Crippen molar-refractivity contribution in [3.8, 4) is 0 Å². The van der Waals surface area contributed by atoms with Gasteiger partial charge in [-0.05, 0) is 44.2 Å². The SMILES string of the molecule is O=C1CCC[C@@H]2[C@H]3CC=CN4CCC[C@@H](CN12)[C@@H]34. The van der Waals surface area contributed by atoms with Gasteiger partial charge in [-0.1, -0.05) is 6.08 Å². The predicted molar refractivity (Wildman–Crippen MR) is 69.8 cm³/mol. The van der Waals surface area contributed by atoms with Crippen molar-refractivity contribution in [3.05, 3.63) is 12.3 Å². The van der Waals surface area contributed by atoms with Gasteiger partial charge in [-0.15, -0.1) is 0 Å². The van der Waals surface area contributed by atoms with Crippen LogP contribution in [0.1, 0.15) is 38.5 Å². The number of rotatable bonds is 0. The summed E-state index contributed by atoms with van der Waals surface area (Å²) in [5.41, 5.74) is 0. The van der Waals surface area contributed by atoms with E-state index in [1.54, 1.807) is 0 Å². The maximum atomic E-state index is 12.2. The molecule has 0 aromatic heterocycles. The Morgan fingerprint density at radius 2 is 2.17 bits per heavy atom. The molecule has 4 aliphatic rings. The zero-order valence-electron chi connectivity index (χ0n) is 10.9. The van der Waals surface area contributed by atoms with Crippen molar-refractivity contribution in [2.24, 2.45) is 11.8 Å². The minimum Gasteiger partial charge on any atom is -0.374 e. The van der Waals surface area contributed by atoms with Gasteiger partial charge in [0.1, 0.15) is 0 Å². The van der Waals surface area contributed by atoms with Gasteiger partial charge >= 0.3 is 0 Å². The molecular weight excluding hydrogens is 224 g/mol. The third kappa shape index (κ3) is 1.45. The Morgan fingerprint density at radius 1 is 1.22 bits per heavy atom. The van der Waals surface area contributed by atoms with Gasteiger partial charge in [0.2, 0.25) is 5.91 Å². The number of allylic oxidation sites excluding steroid dienone is 1. The minimum atomic E-state index is 0.427. The van der Waals surface area contributed by atoms with E-state index < -0.39 is 0 Å². The zero-order valence-corrected chi connectivity index (χ0v) is 10.9. The Hall–Kier alpha value is -0.990. The van der Waals surface area contributed by atoms with Crippen LogP contribution in [0.2, 0.25) is 0 Å². The van der Waals surface area contributed by atoms with Crippen LogP contribution in [0.25, 0.3) is 0 Å². The van der Waals surface area contributed by atoms with Crippen molar-refractivity contribution in [2.75, 3.05) is 13.1 Å². The van der Waals surface area contributed by atoms with Gasteiger partial charge in [0.25, 0.3) is 0 Å². The van der Waals surface area contributed by atoms with Crippen LogP contribution in [0.3, 0.4) is 0 Å². The molecule has 0 unspecified atom stereocenters. The molecule has 3 heteroatoms. The van der Waals surface area contributed by atoms with Crippen molar-refractivity contribution < 1.29 is 4.79 Å². The van der Waals surface area contributed by atoms with Crippen LogP contribution in [-0.2, 0) is 4.79 Å². The summed E-state index contributed by atoms with van der Waals surface area (Å²) in [5, 5.41) is 0. The molecule has 3 saturated heterocycles. The van der Waals surface area contributed by atoms with Crippen molar-refractivity contribution in [2.45, 2.75) is 50.6 Å². The first-order chi connectivity index (χ1) is 8.84. The Morgan fingerprint density at radius 3 is 3.11 bits per heavy atom. The van der Waals surface area contributed by atoms with Gasteiger partial charge in [0, 0.05) is 37.5 Å². The molecule has 4 rings (SSSR count). The highest BCUT2D eigenvalue weighted by atomic mass is 16.2. The van der Waals surface area contributed by atoms with E-state index >= 15 is 0 Å². The highest BCUT2D eigenvalue weighted by Gasteiger charge is 2.49. The largest absolute Gasteiger partial charge is 0.374 e. The molecule has 0 aliphatic carbocycles. The summed E-state index contributed by atoms with van der Waals surface area (Å²) in [4.78, 5) is 17.0. The van der Waals surface area contributed by atoms with Crippen LogP contribution in [0.5, 0.6) is 0 Å². The van der Waals surface area contributed by atoms with E-state index in [0.717, 1.165) is 31.3 Å². The van der Waals surface area contributed by atoms with Crippen LogP contribution < -0.4 is 0 Å². The van der Waals surface area contributed by atoms with E-state index in [-0.39, 0.29) is 0 Å².